The molecular formula is C43H48N2O4S. The van der Waals surface area contributed by atoms with Gasteiger partial charge in [0.1, 0.15) is 4.88 Å². The van der Waals surface area contributed by atoms with Crippen LogP contribution in [0.4, 0.5) is 5.69 Å². The van der Waals surface area contributed by atoms with Crippen molar-refractivity contribution in [2.45, 2.75) is 71.3 Å². The molecule has 1 aromatic carbocycles. The second-order valence-electron chi connectivity index (χ2n) is 15.4. The highest BCUT2D eigenvalue weighted by Crippen LogP contribution is 2.76. The fraction of sp³-hybridized carbons (Fsp3) is 0.442. The Labute approximate surface area is 300 Å². The lowest BCUT2D eigenvalue weighted by atomic mass is 9.69. The van der Waals surface area contributed by atoms with Gasteiger partial charge in [-0.25, -0.2) is 4.79 Å². The molecule has 1 N–H and O–H groups in total. The summed E-state index contributed by atoms with van der Waals surface area (Å²) in [6, 6.07) is 12.3. The number of rotatable bonds is 7. The van der Waals surface area contributed by atoms with Crippen molar-refractivity contribution in [3.05, 3.63) is 111 Å². The van der Waals surface area contributed by atoms with Gasteiger partial charge in [-0.05, 0) is 123 Å². The van der Waals surface area contributed by atoms with Gasteiger partial charge >= 0.3 is 5.97 Å². The van der Waals surface area contributed by atoms with Crippen molar-refractivity contribution in [2.24, 2.45) is 22.7 Å². The Balaban J connectivity index is 0.950. The highest BCUT2D eigenvalue weighted by Gasteiger charge is 2.68. The van der Waals surface area contributed by atoms with E-state index in [0.29, 0.717) is 16.2 Å². The minimum absolute atomic E-state index is 0.0560. The number of nitrogens with one attached hydrogen (secondary N) is 1. The maximum atomic E-state index is 14.0. The number of hydrogen-bond donors (Lipinski definition) is 1. The number of methoxy groups -OCH3 is 1. The van der Waals surface area contributed by atoms with Crippen LogP contribution in [0.25, 0.3) is 11.1 Å². The zero-order valence-electron chi connectivity index (χ0n) is 29.6. The van der Waals surface area contributed by atoms with E-state index >= 15 is 0 Å². The summed E-state index contributed by atoms with van der Waals surface area (Å²) in [6.45, 7) is 11.4. The van der Waals surface area contributed by atoms with Crippen molar-refractivity contribution in [1.82, 2.24) is 5.32 Å². The van der Waals surface area contributed by atoms with Crippen LogP contribution in [0.15, 0.2) is 95.8 Å². The molecule has 50 heavy (non-hydrogen) atoms. The summed E-state index contributed by atoms with van der Waals surface area (Å²) in [5, 5.41) is 3.41. The molecule has 2 saturated carbocycles. The highest BCUT2D eigenvalue weighted by atomic mass is 32.1. The number of esters is 1. The van der Waals surface area contributed by atoms with Crippen LogP contribution in [0.5, 0.6) is 0 Å². The topological polar surface area (TPSA) is 67.9 Å². The summed E-state index contributed by atoms with van der Waals surface area (Å²) in [4.78, 5) is 30.3. The van der Waals surface area contributed by atoms with Gasteiger partial charge in [-0.3, -0.25) is 4.79 Å². The van der Waals surface area contributed by atoms with Gasteiger partial charge < -0.3 is 19.7 Å². The Morgan fingerprint density at radius 2 is 1.88 bits per heavy atom. The molecule has 0 radical (unpaired) electrons. The number of ether oxygens (including phenoxy) is 2. The fourth-order valence-corrected chi connectivity index (χ4v) is 10.9. The number of carbonyl (C=O) groups excluding carboxylic acids is 2. The van der Waals surface area contributed by atoms with Crippen molar-refractivity contribution < 1.29 is 19.1 Å². The third-order valence-electron chi connectivity index (χ3n) is 12.6. The SMILES string of the molecule is C=C(C1=CCC(NC(=O)C2=CC(C)=CCC2C23CC2CC2(CCOCC2)C3)C=C1)N1CCC(c2ccc(C(=O)OC)s2)=C(C)c2ccccc21. The maximum Gasteiger partial charge on any atom is 0.348 e. The molecule has 7 heteroatoms. The van der Waals surface area contributed by atoms with Gasteiger partial charge in [0.25, 0.3) is 0 Å². The second-order valence-corrected chi connectivity index (χ2v) is 16.5. The van der Waals surface area contributed by atoms with E-state index in [0.717, 1.165) is 72.3 Å². The number of thiophene rings is 1. The third-order valence-corrected chi connectivity index (χ3v) is 13.7. The minimum Gasteiger partial charge on any atom is -0.465 e. The number of anilines is 1. The van der Waals surface area contributed by atoms with Crippen LogP contribution in [-0.4, -0.2) is 44.8 Å². The first-order valence-electron chi connectivity index (χ1n) is 18.3. The van der Waals surface area contributed by atoms with Crippen LogP contribution >= 0.6 is 11.3 Å². The number of carbonyl (C=O) groups is 2. The minimum atomic E-state index is -0.301. The molecule has 1 spiro atoms. The van der Waals surface area contributed by atoms with Crippen LogP contribution in [0, 0.1) is 22.7 Å². The maximum absolute atomic E-state index is 14.0. The average molecular weight is 689 g/mol. The number of allylic oxidation sites excluding steroid dienone is 5. The van der Waals surface area contributed by atoms with Crippen LogP contribution in [0.2, 0.25) is 0 Å². The summed E-state index contributed by atoms with van der Waals surface area (Å²) in [5.74, 6) is 0.856. The monoisotopic (exact) mass is 688 g/mol. The Hall–Kier alpha value is -3.94. The van der Waals surface area contributed by atoms with Crippen LogP contribution in [0.3, 0.4) is 0 Å². The van der Waals surface area contributed by atoms with Gasteiger partial charge in [-0.1, -0.05) is 60.7 Å². The molecule has 1 aromatic heterocycles. The summed E-state index contributed by atoms with van der Waals surface area (Å²) >= 11 is 1.48. The second kappa shape index (κ2) is 13.0. The van der Waals surface area contributed by atoms with Gasteiger partial charge in [0.05, 0.1) is 13.2 Å². The van der Waals surface area contributed by atoms with Crippen LogP contribution in [-0.2, 0) is 14.3 Å². The summed E-state index contributed by atoms with van der Waals surface area (Å²) in [6.07, 6.45) is 19.7. The zero-order valence-corrected chi connectivity index (χ0v) is 30.4. The predicted molar refractivity (Wildman–Crippen MR) is 202 cm³/mol. The number of hydrogen-bond acceptors (Lipinski definition) is 6. The highest BCUT2D eigenvalue weighted by molar-refractivity contribution is 7.15. The van der Waals surface area contributed by atoms with E-state index < -0.39 is 0 Å². The molecule has 8 rings (SSSR count). The van der Waals surface area contributed by atoms with E-state index in [1.165, 1.54) is 72.8 Å². The lowest BCUT2D eigenvalue weighted by Gasteiger charge is -2.38. The first-order valence-corrected chi connectivity index (χ1v) is 19.1. The quantitative estimate of drug-likeness (QED) is 0.294. The molecule has 4 aliphatic carbocycles. The Kier molecular flexibility index (Phi) is 8.63. The Bertz CT molecular complexity index is 1900. The predicted octanol–water partition coefficient (Wildman–Crippen LogP) is 9.05. The molecule has 3 heterocycles. The third kappa shape index (κ3) is 5.86. The van der Waals surface area contributed by atoms with Crippen molar-refractivity contribution >= 4 is 40.0 Å². The van der Waals surface area contributed by atoms with Gasteiger partial charge in [-0.15, -0.1) is 11.3 Å². The smallest absolute Gasteiger partial charge is 0.348 e. The van der Waals surface area contributed by atoms with Gasteiger partial charge in [0.2, 0.25) is 5.91 Å². The van der Waals surface area contributed by atoms with E-state index in [2.05, 4.69) is 85.3 Å². The lowest BCUT2D eigenvalue weighted by molar-refractivity contribution is -0.118. The number of amides is 1. The molecule has 2 aromatic rings. The van der Waals surface area contributed by atoms with Gasteiger partial charge in [-0.2, -0.15) is 0 Å². The molecule has 6 aliphatic rings. The van der Waals surface area contributed by atoms with Gasteiger partial charge in [0, 0.05) is 47.2 Å². The molecular weight excluding hydrogens is 641 g/mol. The number of nitrogens with zero attached hydrogens (tertiary/aromatic N) is 1. The number of fused-ring (bicyclic) bond motifs is 2. The molecule has 1 amide bonds. The molecule has 2 aliphatic heterocycles. The summed E-state index contributed by atoms with van der Waals surface area (Å²) < 4.78 is 10.7. The van der Waals surface area contributed by atoms with Crippen LogP contribution in [0.1, 0.15) is 85.3 Å². The van der Waals surface area contributed by atoms with E-state index in [1.807, 2.05) is 12.1 Å². The van der Waals surface area contributed by atoms with Crippen LogP contribution < -0.4 is 10.2 Å². The Morgan fingerprint density at radius 1 is 1.06 bits per heavy atom. The summed E-state index contributed by atoms with van der Waals surface area (Å²) in [5.41, 5.74) is 9.69. The molecule has 4 unspecified atom stereocenters. The molecule has 6 nitrogen and oxygen atoms in total. The van der Waals surface area contributed by atoms with Crippen molar-refractivity contribution in [3.63, 3.8) is 0 Å². The first kappa shape index (κ1) is 33.2. The van der Waals surface area contributed by atoms with E-state index in [-0.39, 0.29) is 23.3 Å². The Morgan fingerprint density at radius 3 is 2.66 bits per heavy atom. The molecule has 4 atom stereocenters. The molecule has 3 fully saturated rings. The zero-order chi connectivity index (χ0) is 34.6. The number of benzene rings is 1. The molecule has 0 bridgehead atoms. The van der Waals surface area contributed by atoms with E-state index in [9.17, 15) is 9.59 Å². The van der Waals surface area contributed by atoms with Crippen molar-refractivity contribution in [1.29, 1.82) is 0 Å². The number of para-hydroxylation sites is 1. The average Bonchev–Trinajstić information content (AvgIpc) is 3.46. The van der Waals surface area contributed by atoms with Gasteiger partial charge in [0.15, 0.2) is 0 Å². The summed E-state index contributed by atoms with van der Waals surface area (Å²) in [7, 11) is 1.42. The van der Waals surface area contributed by atoms with Crippen molar-refractivity contribution in [3.8, 4) is 0 Å². The van der Waals surface area contributed by atoms with Crippen molar-refractivity contribution in [2.75, 3.05) is 31.8 Å². The largest absolute Gasteiger partial charge is 0.465 e. The first-order chi connectivity index (χ1) is 24.2. The standard InChI is InChI=1S/C43H48N2O4S/c1-27-9-14-36(43-25-31(43)24-42(26-43)18-21-49-22-19-42)35(23-27)40(46)44-32-12-10-30(11-13-32)29(3)45-20-17-34(28(2)33-7-5-6-8-37(33)45)38-15-16-39(50-38)41(47)48-4/h5-12,15-16,23,31-32,36H,3,13-14,17-22,24-26H2,1-2,4H3,(H,44,46). The molecule has 1 saturated heterocycles. The fourth-order valence-electron chi connectivity index (χ4n) is 9.89. The normalized spacial score (nSPS) is 28.2. The van der Waals surface area contributed by atoms with E-state index in [1.54, 1.807) is 0 Å². The molecule has 260 valence electrons. The lowest BCUT2D eigenvalue weighted by Crippen LogP contribution is -2.39. The van der Waals surface area contributed by atoms with E-state index in [4.69, 9.17) is 9.47 Å².